The number of fused-ring (bicyclic) bond motifs is 1. The number of nitrogens with zero attached hydrogens (tertiary/aromatic N) is 1. The summed E-state index contributed by atoms with van der Waals surface area (Å²) in [5.41, 5.74) is 8.54. The lowest BCUT2D eigenvalue weighted by Crippen LogP contribution is -2.38. The van der Waals surface area contributed by atoms with Crippen LogP contribution in [-0.4, -0.2) is 29.5 Å². The molecule has 2 aromatic carbocycles. The van der Waals surface area contributed by atoms with Crippen LogP contribution in [0.4, 0.5) is 5.69 Å². The summed E-state index contributed by atoms with van der Waals surface area (Å²) in [6.07, 6.45) is 0. The van der Waals surface area contributed by atoms with E-state index in [0.717, 1.165) is 5.56 Å². The standard InChI is InChI=1S/C17H15N3O5/c18-16(22)11-3-1-10(2-4-11)8-20-13-7-12(17(23)19-24)5-6-14(13)25-9-15(20)21/h1-7,24H,8-9H2,(H2,18,22)(H,19,23). The Morgan fingerprint density at radius 1 is 1.16 bits per heavy atom. The molecule has 0 fully saturated rings. The van der Waals surface area contributed by atoms with E-state index in [1.165, 1.54) is 17.0 Å². The minimum Gasteiger partial charge on any atom is -0.482 e. The van der Waals surface area contributed by atoms with Gasteiger partial charge in [0, 0.05) is 11.1 Å². The van der Waals surface area contributed by atoms with Crippen molar-refractivity contribution in [3.8, 4) is 5.75 Å². The van der Waals surface area contributed by atoms with Gasteiger partial charge in [-0.15, -0.1) is 0 Å². The van der Waals surface area contributed by atoms with Gasteiger partial charge in [0.05, 0.1) is 12.2 Å². The van der Waals surface area contributed by atoms with Gasteiger partial charge in [-0.3, -0.25) is 19.6 Å². The number of anilines is 1. The van der Waals surface area contributed by atoms with Crippen LogP contribution in [0.5, 0.6) is 5.75 Å². The van der Waals surface area contributed by atoms with E-state index in [9.17, 15) is 14.4 Å². The first-order valence-electron chi connectivity index (χ1n) is 7.40. The SMILES string of the molecule is NC(=O)c1ccc(CN2C(=O)COc3ccc(C(=O)NO)cc32)cc1. The second-order valence-electron chi connectivity index (χ2n) is 5.45. The van der Waals surface area contributed by atoms with Crippen molar-refractivity contribution in [3.05, 3.63) is 59.2 Å². The summed E-state index contributed by atoms with van der Waals surface area (Å²) in [4.78, 5) is 36.5. The van der Waals surface area contributed by atoms with E-state index < -0.39 is 11.8 Å². The number of benzene rings is 2. The molecule has 3 amide bonds. The molecule has 1 heterocycles. The van der Waals surface area contributed by atoms with Crippen LogP contribution in [0.25, 0.3) is 0 Å². The fourth-order valence-corrected chi connectivity index (χ4v) is 2.54. The van der Waals surface area contributed by atoms with Crippen LogP contribution in [0.1, 0.15) is 26.3 Å². The molecule has 0 unspecified atom stereocenters. The zero-order valence-electron chi connectivity index (χ0n) is 13.1. The summed E-state index contributed by atoms with van der Waals surface area (Å²) in [7, 11) is 0. The minimum absolute atomic E-state index is 0.113. The molecule has 0 aromatic heterocycles. The first kappa shape index (κ1) is 16.5. The second kappa shape index (κ2) is 6.62. The van der Waals surface area contributed by atoms with Gasteiger partial charge in [-0.2, -0.15) is 0 Å². The van der Waals surface area contributed by atoms with Crippen LogP contribution in [-0.2, 0) is 11.3 Å². The molecule has 0 spiro atoms. The van der Waals surface area contributed by atoms with Gasteiger partial charge < -0.3 is 15.4 Å². The van der Waals surface area contributed by atoms with E-state index in [4.69, 9.17) is 15.7 Å². The Morgan fingerprint density at radius 3 is 2.48 bits per heavy atom. The highest BCUT2D eigenvalue weighted by atomic mass is 16.5. The first-order chi connectivity index (χ1) is 12.0. The molecule has 0 bridgehead atoms. The Labute approximate surface area is 142 Å². The fourth-order valence-electron chi connectivity index (χ4n) is 2.54. The zero-order chi connectivity index (χ0) is 18.0. The number of carbonyl (C=O) groups is 3. The predicted octanol–water partition coefficient (Wildman–Crippen LogP) is 0.830. The van der Waals surface area contributed by atoms with Gasteiger partial charge in [-0.1, -0.05) is 12.1 Å². The van der Waals surface area contributed by atoms with Crippen LogP contribution >= 0.6 is 0 Å². The molecule has 0 saturated heterocycles. The summed E-state index contributed by atoms with van der Waals surface area (Å²) < 4.78 is 5.38. The van der Waals surface area contributed by atoms with Gasteiger partial charge in [0.15, 0.2) is 6.61 Å². The molecule has 4 N–H and O–H groups in total. The average Bonchev–Trinajstić information content (AvgIpc) is 2.63. The molecular weight excluding hydrogens is 326 g/mol. The lowest BCUT2D eigenvalue weighted by molar-refractivity contribution is -0.121. The Kier molecular flexibility index (Phi) is 4.36. The van der Waals surface area contributed by atoms with Crippen molar-refractivity contribution >= 4 is 23.4 Å². The van der Waals surface area contributed by atoms with Crippen molar-refractivity contribution in [1.29, 1.82) is 0 Å². The summed E-state index contributed by atoms with van der Waals surface area (Å²) in [6, 6.07) is 11.1. The van der Waals surface area contributed by atoms with E-state index in [-0.39, 0.29) is 24.6 Å². The molecule has 128 valence electrons. The normalized spacial score (nSPS) is 13.0. The molecule has 1 aliphatic heterocycles. The largest absolute Gasteiger partial charge is 0.482 e. The Hall–Kier alpha value is -3.39. The van der Waals surface area contributed by atoms with E-state index in [0.29, 0.717) is 17.0 Å². The van der Waals surface area contributed by atoms with Crippen molar-refractivity contribution < 1.29 is 24.3 Å². The summed E-state index contributed by atoms with van der Waals surface area (Å²) in [5, 5.41) is 8.77. The molecule has 2 aromatic rings. The Bertz CT molecular complexity index is 848. The van der Waals surface area contributed by atoms with Crippen molar-refractivity contribution in [2.45, 2.75) is 6.54 Å². The van der Waals surface area contributed by atoms with Gasteiger partial charge in [0.25, 0.3) is 11.8 Å². The highest BCUT2D eigenvalue weighted by Crippen LogP contribution is 2.34. The van der Waals surface area contributed by atoms with Crippen LogP contribution in [0.2, 0.25) is 0 Å². The maximum absolute atomic E-state index is 12.3. The second-order valence-corrected chi connectivity index (χ2v) is 5.45. The number of ether oxygens (including phenoxy) is 1. The first-order valence-corrected chi connectivity index (χ1v) is 7.40. The van der Waals surface area contributed by atoms with Gasteiger partial charge >= 0.3 is 0 Å². The van der Waals surface area contributed by atoms with Crippen molar-refractivity contribution in [2.24, 2.45) is 5.73 Å². The van der Waals surface area contributed by atoms with Crippen molar-refractivity contribution in [1.82, 2.24) is 5.48 Å². The molecule has 0 atom stereocenters. The van der Waals surface area contributed by atoms with E-state index in [1.807, 2.05) is 0 Å². The maximum atomic E-state index is 12.3. The lowest BCUT2D eigenvalue weighted by Gasteiger charge is -2.29. The summed E-state index contributed by atoms with van der Waals surface area (Å²) in [6.45, 7) is 0.121. The average molecular weight is 341 g/mol. The van der Waals surface area contributed by atoms with Crippen LogP contribution in [0.15, 0.2) is 42.5 Å². The van der Waals surface area contributed by atoms with Crippen molar-refractivity contribution in [2.75, 3.05) is 11.5 Å². The maximum Gasteiger partial charge on any atom is 0.274 e. The highest BCUT2D eigenvalue weighted by Gasteiger charge is 2.26. The highest BCUT2D eigenvalue weighted by molar-refractivity contribution is 6.01. The molecule has 25 heavy (non-hydrogen) atoms. The smallest absolute Gasteiger partial charge is 0.274 e. The number of rotatable bonds is 4. The third-order valence-electron chi connectivity index (χ3n) is 3.84. The molecule has 1 aliphatic rings. The van der Waals surface area contributed by atoms with Gasteiger partial charge in [-0.05, 0) is 35.9 Å². The van der Waals surface area contributed by atoms with E-state index in [1.54, 1.807) is 35.8 Å². The predicted molar refractivity (Wildman–Crippen MR) is 87.3 cm³/mol. The van der Waals surface area contributed by atoms with Crippen LogP contribution in [0.3, 0.4) is 0 Å². The van der Waals surface area contributed by atoms with Gasteiger partial charge in [0.1, 0.15) is 5.75 Å². The fraction of sp³-hybridized carbons (Fsp3) is 0.118. The number of hydrogen-bond acceptors (Lipinski definition) is 5. The number of carbonyl (C=O) groups excluding carboxylic acids is 3. The monoisotopic (exact) mass is 341 g/mol. The topological polar surface area (TPSA) is 122 Å². The van der Waals surface area contributed by atoms with Crippen molar-refractivity contribution in [3.63, 3.8) is 0 Å². The molecule has 8 nitrogen and oxygen atoms in total. The molecule has 8 heteroatoms. The number of amides is 3. The number of nitrogens with one attached hydrogen (secondary N) is 1. The van der Waals surface area contributed by atoms with E-state index >= 15 is 0 Å². The third kappa shape index (κ3) is 3.29. The zero-order valence-corrected chi connectivity index (χ0v) is 13.1. The van der Waals surface area contributed by atoms with Crippen LogP contribution < -0.4 is 20.9 Å². The number of hydrogen-bond donors (Lipinski definition) is 3. The molecular formula is C17H15N3O5. The van der Waals surface area contributed by atoms with Gasteiger partial charge in [-0.25, -0.2) is 5.48 Å². The third-order valence-corrected chi connectivity index (χ3v) is 3.84. The summed E-state index contributed by atoms with van der Waals surface area (Å²) >= 11 is 0. The molecule has 0 radical (unpaired) electrons. The number of hydroxylamine groups is 1. The summed E-state index contributed by atoms with van der Waals surface area (Å²) in [5.74, 6) is -1.03. The Balaban J connectivity index is 1.92. The molecule has 3 rings (SSSR count). The quantitative estimate of drug-likeness (QED) is 0.562. The van der Waals surface area contributed by atoms with Crippen LogP contribution in [0, 0.1) is 0 Å². The van der Waals surface area contributed by atoms with Gasteiger partial charge in [0.2, 0.25) is 5.91 Å². The lowest BCUT2D eigenvalue weighted by atomic mass is 10.1. The number of nitrogens with two attached hydrogens (primary N) is 1. The number of primary amides is 1. The minimum atomic E-state index is -0.688. The van der Waals surface area contributed by atoms with E-state index in [2.05, 4.69) is 0 Å². The Morgan fingerprint density at radius 2 is 1.84 bits per heavy atom. The molecule has 0 aliphatic carbocycles. The molecule has 0 saturated carbocycles.